The lowest BCUT2D eigenvalue weighted by molar-refractivity contribution is 0.0951. The van der Waals surface area contributed by atoms with Gasteiger partial charge in [-0.25, -0.2) is 5.43 Å². The standard InChI is InChI=1S/C25H18N4O/c30-25(29-27-16-18-14-15-26-21-12-6-4-10-19(18)21)24-23(17-8-2-1-3-9-17)20-11-5-7-13-22(20)28-24/h1-16,28H,(H,29,30)/b27-16-. The summed E-state index contributed by atoms with van der Waals surface area (Å²) in [7, 11) is 0. The molecule has 0 bridgehead atoms. The lowest BCUT2D eigenvalue weighted by Gasteiger charge is -2.04. The zero-order chi connectivity index (χ0) is 20.3. The Hall–Kier alpha value is -4.25. The second-order valence-corrected chi connectivity index (χ2v) is 6.90. The number of carbonyl (C=O) groups excluding carboxylic acids is 1. The quantitative estimate of drug-likeness (QED) is 0.329. The number of carbonyl (C=O) groups is 1. The first-order valence-corrected chi connectivity index (χ1v) is 9.64. The van der Waals surface area contributed by atoms with Crippen LogP contribution >= 0.6 is 0 Å². The van der Waals surface area contributed by atoms with Crippen LogP contribution in [0.5, 0.6) is 0 Å². The molecule has 0 saturated heterocycles. The van der Waals surface area contributed by atoms with Crippen LogP contribution in [0.15, 0.2) is 96.2 Å². The van der Waals surface area contributed by atoms with E-state index >= 15 is 0 Å². The maximum Gasteiger partial charge on any atom is 0.288 e. The molecule has 30 heavy (non-hydrogen) atoms. The van der Waals surface area contributed by atoms with Gasteiger partial charge in [-0.05, 0) is 23.8 Å². The molecule has 0 unspecified atom stereocenters. The van der Waals surface area contributed by atoms with Crippen LogP contribution in [0.4, 0.5) is 0 Å². The predicted octanol–water partition coefficient (Wildman–Crippen LogP) is 5.15. The molecule has 2 aromatic heterocycles. The molecule has 5 nitrogen and oxygen atoms in total. The Morgan fingerprint density at radius 1 is 0.867 bits per heavy atom. The van der Waals surface area contributed by atoms with Gasteiger partial charge in [-0.2, -0.15) is 5.10 Å². The SMILES string of the molecule is O=C(N/N=C\c1ccnc2ccccc12)c1[nH]c2ccccc2c1-c1ccccc1. The molecule has 0 spiro atoms. The summed E-state index contributed by atoms with van der Waals surface area (Å²) in [5.41, 5.74) is 7.67. The van der Waals surface area contributed by atoms with Gasteiger partial charge in [0.2, 0.25) is 0 Å². The number of nitrogens with one attached hydrogen (secondary N) is 2. The minimum absolute atomic E-state index is 0.292. The van der Waals surface area contributed by atoms with E-state index in [0.29, 0.717) is 5.69 Å². The molecule has 5 rings (SSSR count). The number of amides is 1. The van der Waals surface area contributed by atoms with E-state index in [0.717, 1.165) is 38.5 Å². The Morgan fingerprint density at radius 3 is 2.47 bits per heavy atom. The zero-order valence-corrected chi connectivity index (χ0v) is 16.0. The van der Waals surface area contributed by atoms with Crippen molar-refractivity contribution >= 4 is 33.9 Å². The van der Waals surface area contributed by atoms with Crippen molar-refractivity contribution in [1.82, 2.24) is 15.4 Å². The monoisotopic (exact) mass is 390 g/mol. The number of pyridine rings is 1. The number of H-pyrrole nitrogens is 1. The average Bonchev–Trinajstić information content (AvgIpc) is 3.19. The fourth-order valence-corrected chi connectivity index (χ4v) is 3.66. The molecule has 0 aliphatic carbocycles. The fourth-order valence-electron chi connectivity index (χ4n) is 3.66. The van der Waals surface area contributed by atoms with Gasteiger partial charge in [-0.1, -0.05) is 66.7 Å². The minimum atomic E-state index is -0.292. The van der Waals surface area contributed by atoms with Crippen molar-refractivity contribution in [2.45, 2.75) is 0 Å². The molecule has 144 valence electrons. The Bertz CT molecular complexity index is 1380. The van der Waals surface area contributed by atoms with Crippen LogP contribution in [0.2, 0.25) is 0 Å². The van der Waals surface area contributed by atoms with E-state index < -0.39 is 0 Å². The van der Waals surface area contributed by atoms with Gasteiger partial charge in [0, 0.05) is 33.6 Å². The third-order valence-corrected chi connectivity index (χ3v) is 5.05. The van der Waals surface area contributed by atoms with E-state index in [1.807, 2.05) is 84.9 Å². The number of nitrogens with zero attached hydrogens (tertiary/aromatic N) is 2. The average molecular weight is 390 g/mol. The number of hydrazone groups is 1. The number of benzene rings is 3. The summed E-state index contributed by atoms with van der Waals surface area (Å²) < 4.78 is 0. The first-order chi connectivity index (χ1) is 14.8. The molecule has 0 aliphatic rings. The van der Waals surface area contributed by atoms with Gasteiger partial charge in [0.05, 0.1) is 11.7 Å². The normalized spacial score (nSPS) is 11.3. The molecular weight excluding hydrogens is 372 g/mol. The second kappa shape index (κ2) is 7.64. The lowest BCUT2D eigenvalue weighted by atomic mass is 10.0. The molecule has 0 fully saturated rings. The maximum atomic E-state index is 13.0. The summed E-state index contributed by atoms with van der Waals surface area (Å²) in [6.07, 6.45) is 3.38. The number of fused-ring (bicyclic) bond motifs is 2. The first kappa shape index (κ1) is 17.8. The smallest absolute Gasteiger partial charge is 0.288 e. The summed E-state index contributed by atoms with van der Waals surface area (Å²) in [5, 5.41) is 6.18. The lowest BCUT2D eigenvalue weighted by Crippen LogP contribution is -2.18. The van der Waals surface area contributed by atoms with Gasteiger partial charge in [0.15, 0.2) is 0 Å². The first-order valence-electron chi connectivity index (χ1n) is 9.64. The summed E-state index contributed by atoms with van der Waals surface area (Å²) in [6.45, 7) is 0. The van der Waals surface area contributed by atoms with Crippen LogP contribution in [0.25, 0.3) is 32.9 Å². The summed E-state index contributed by atoms with van der Waals surface area (Å²) in [6, 6.07) is 27.5. The molecule has 0 aliphatic heterocycles. The van der Waals surface area contributed by atoms with Crippen LogP contribution in [0, 0.1) is 0 Å². The zero-order valence-electron chi connectivity index (χ0n) is 16.0. The Morgan fingerprint density at radius 2 is 1.60 bits per heavy atom. The summed E-state index contributed by atoms with van der Waals surface area (Å²) in [5.74, 6) is -0.292. The van der Waals surface area contributed by atoms with Crippen LogP contribution < -0.4 is 5.43 Å². The molecule has 5 aromatic rings. The van der Waals surface area contributed by atoms with Crippen molar-refractivity contribution < 1.29 is 4.79 Å². The van der Waals surface area contributed by atoms with Gasteiger partial charge in [0.25, 0.3) is 5.91 Å². The number of hydrogen-bond donors (Lipinski definition) is 2. The van der Waals surface area contributed by atoms with E-state index in [9.17, 15) is 4.79 Å². The van der Waals surface area contributed by atoms with Gasteiger partial charge >= 0.3 is 0 Å². The molecule has 0 saturated carbocycles. The largest absolute Gasteiger partial charge is 0.350 e. The fraction of sp³-hybridized carbons (Fsp3) is 0. The summed E-state index contributed by atoms with van der Waals surface area (Å²) in [4.78, 5) is 20.6. The number of aromatic amines is 1. The highest BCUT2D eigenvalue weighted by atomic mass is 16.2. The van der Waals surface area contributed by atoms with E-state index in [-0.39, 0.29) is 5.91 Å². The van der Waals surface area contributed by atoms with Crippen molar-refractivity contribution in [3.8, 4) is 11.1 Å². The van der Waals surface area contributed by atoms with Crippen LogP contribution in [-0.2, 0) is 0 Å². The molecule has 3 aromatic carbocycles. The Balaban J connectivity index is 1.49. The summed E-state index contributed by atoms with van der Waals surface area (Å²) >= 11 is 0. The van der Waals surface area contributed by atoms with Gasteiger partial charge < -0.3 is 4.98 Å². The van der Waals surface area contributed by atoms with Crippen LogP contribution in [0.3, 0.4) is 0 Å². The molecular formula is C25H18N4O. The highest BCUT2D eigenvalue weighted by Gasteiger charge is 2.18. The number of hydrogen-bond acceptors (Lipinski definition) is 3. The molecule has 2 N–H and O–H groups in total. The van der Waals surface area contributed by atoms with Crippen LogP contribution in [-0.4, -0.2) is 22.1 Å². The third kappa shape index (κ3) is 3.22. The van der Waals surface area contributed by atoms with Crippen molar-refractivity contribution in [1.29, 1.82) is 0 Å². The van der Waals surface area contributed by atoms with E-state index in [1.165, 1.54) is 0 Å². The number of rotatable bonds is 4. The molecule has 5 heteroatoms. The van der Waals surface area contributed by atoms with Crippen molar-refractivity contribution in [3.05, 3.63) is 102 Å². The van der Waals surface area contributed by atoms with Gasteiger partial charge in [-0.3, -0.25) is 9.78 Å². The van der Waals surface area contributed by atoms with Gasteiger partial charge in [-0.15, -0.1) is 0 Å². The van der Waals surface area contributed by atoms with E-state index in [4.69, 9.17) is 0 Å². The number of para-hydroxylation sites is 2. The maximum absolute atomic E-state index is 13.0. The van der Waals surface area contributed by atoms with E-state index in [2.05, 4.69) is 20.5 Å². The molecule has 0 radical (unpaired) electrons. The van der Waals surface area contributed by atoms with Crippen LogP contribution in [0.1, 0.15) is 16.1 Å². The highest BCUT2D eigenvalue weighted by Crippen LogP contribution is 2.32. The number of aromatic nitrogens is 2. The second-order valence-electron chi connectivity index (χ2n) is 6.90. The van der Waals surface area contributed by atoms with Gasteiger partial charge in [0.1, 0.15) is 5.69 Å². The van der Waals surface area contributed by atoms with E-state index in [1.54, 1.807) is 12.4 Å². The minimum Gasteiger partial charge on any atom is -0.350 e. The Labute approximate surface area is 173 Å². The highest BCUT2D eigenvalue weighted by molar-refractivity contribution is 6.10. The Kier molecular flexibility index (Phi) is 4.54. The molecule has 1 amide bonds. The topological polar surface area (TPSA) is 70.1 Å². The van der Waals surface area contributed by atoms with Crippen molar-refractivity contribution in [2.24, 2.45) is 5.10 Å². The predicted molar refractivity (Wildman–Crippen MR) is 121 cm³/mol. The van der Waals surface area contributed by atoms with Crippen molar-refractivity contribution in [3.63, 3.8) is 0 Å². The van der Waals surface area contributed by atoms with Crippen molar-refractivity contribution in [2.75, 3.05) is 0 Å². The molecule has 2 heterocycles. The third-order valence-electron chi connectivity index (χ3n) is 5.05. The molecule has 0 atom stereocenters.